The number of amides is 2. The lowest BCUT2D eigenvalue weighted by Gasteiger charge is -2.36. The first kappa shape index (κ1) is 32.4. The number of aromatic hydroxyl groups is 1. The summed E-state index contributed by atoms with van der Waals surface area (Å²) in [5.74, 6) is 0.208. The van der Waals surface area contributed by atoms with E-state index in [0.29, 0.717) is 19.6 Å². The van der Waals surface area contributed by atoms with Crippen molar-refractivity contribution >= 4 is 17.9 Å². The minimum absolute atomic E-state index is 0.000634. The molecule has 48 heavy (non-hydrogen) atoms. The highest BCUT2D eigenvalue weighted by atomic mass is 16.5. The quantitative estimate of drug-likeness (QED) is 0.178. The lowest BCUT2D eigenvalue weighted by molar-refractivity contribution is -0.144. The van der Waals surface area contributed by atoms with E-state index in [1.807, 2.05) is 48.5 Å². The fourth-order valence-corrected chi connectivity index (χ4v) is 8.37. The lowest BCUT2D eigenvalue weighted by atomic mass is 9.69. The van der Waals surface area contributed by atoms with Crippen LogP contribution in [0.15, 0.2) is 102 Å². The molecule has 7 heteroatoms. The topological polar surface area (TPSA) is 79.3 Å². The summed E-state index contributed by atoms with van der Waals surface area (Å²) in [6.45, 7) is 5.63. The van der Waals surface area contributed by atoms with Gasteiger partial charge in [-0.1, -0.05) is 79.2 Å². The Morgan fingerprint density at radius 3 is 2.42 bits per heavy atom. The maximum Gasteiger partial charge on any atom is 0.234 e. The number of allylic oxidation sites excluding steroid dienone is 1. The molecule has 0 spiro atoms. The van der Waals surface area contributed by atoms with E-state index in [0.717, 1.165) is 68.6 Å². The van der Waals surface area contributed by atoms with Gasteiger partial charge in [-0.15, -0.1) is 0 Å². The molecule has 3 aromatic rings. The summed E-state index contributed by atoms with van der Waals surface area (Å²) in [5, 5.41) is 9.95. The van der Waals surface area contributed by atoms with Crippen LogP contribution in [0.4, 0.5) is 0 Å². The molecule has 3 aromatic carbocycles. The van der Waals surface area contributed by atoms with Crippen molar-refractivity contribution in [1.29, 1.82) is 0 Å². The van der Waals surface area contributed by atoms with Crippen molar-refractivity contribution in [2.45, 2.75) is 64.1 Å². The van der Waals surface area contributed by atoms with E-state index in [4.69, 9.17) is 9.47 Å². The van der Waals surface area contributed by atoms with Gasteiger partial charge in [0.15, 0.2) is 0 Å². The first-order valence-electron chi connectivity index (χ1n) is 17.6. The number of ether oxygens (including phenoxy) is 2. The average molecular weight is 647 g/mol. The summed E-state index contributed by atoms with van der Waals surface area (Å²) in [4.78, 5) is 32.5. The minimum Gasteiger partial charge on any atom is -0.508 e. The molecule has 4 atom stereocenters. The van der Waals surface area contributed by atoms with E-state index in [1.165, 1.54) is 16.7 Å². The number of carbonyl (C=O) groups is 2. The predicted molar refractivity (Wildman–Crippen MR) is 186 cm³/mol. The van der Waals surface area contributed by atoms with Gasteiger partial charge in [0.25, 0.3) is 0 Å². The maximum atomic E-state index is 14.3. The van der Waals surface area contributed by atoms with Gasteiger partial charge >= 0.3 is 0 Å². The van der Waals surface area contributed by atoms with E-state index in [1.54, 1.807) is 17.0 Å². The number of para-hydroxylation sites is 1. The molecule has 3 aliphatic heterocycles. The summed E-state index contributed by atoms with van der Waals surface area (Å²) < 4.78 is 12.8. The Kier molecular flexibility index (Phi) is 9.78. The Labute approximate surface area is 283 Å². The molecule has 3 saturated heterocycles. The molecule has 2 amide bonds. The molecule has 0 radical (unpaired) electrons. The van der Waals surface area contributed by atoms with Crippen LogP contribution in [-0.2, 0) is 20.9 Å². The smallest absolute Gasteiger partial charge is 0.234 e. The lowest BCUT2D eigenvalue weighted by Crippen LogP contribution is -2.47. The van der Waals surface area contributed by atoms with E-state index < -0.39 is 0 Å². The number of hydrogen-bond acceptors (Lipinski definition) is 6. The number of phenolic OH excluding ortho intramolecular Hbond substituents is 1. The Balaban J connectivity index is 1.08. The third-order valence-electron chi connectivity index (χ3n) is 10.8. The molecule has 7 nitrogen and oxygen atoms in total. The van der Waals surface area contributed by atoms with Gasteiger partial charge < -0.3 is 14.6 Å². The standard InChI is InChI=1S/C41H46N2O5/c1-2-28(22-30-12-9-13-33(44)23-30)16-17-37-38-31(26-47-34-14-7-4-8-15-34)24-35-39(36(38)27-48-37)41(46)43(40(35)45)32-18-20-42(21-19-32)25-29-10-5-3-6-11-29/h3-15,22-23,32,35-37,39,44H,2,16-21,24-27H2,1H3/b28-22+/t35-,36+,37-,39-/m1/s1. The fourth-order valence-electron chi connectivity index (χ4n) is 8.37. The molecule has 1 aliphatic carbocycles. The number of rotatable bonds is 11. The van der Waals surface area contributed by atoms with Crippen molar-refractivity contribution < 1.29 is 24.2 Å². The molecule has 0 saturated carbocycles. The van der Waals surface area contributed by atoms with Crippen molar-refractivity contribution in [2.75, 3.05) is 26.3 Å². The van der Waals surface area contributed by atoms with Crippen LogP contribution in [0.1, 0.15) is 56.6 Å². The van der Waals surface area contributed by atoms with E-state index >= 15 is 0 Å². The molecular weight excluding hydrogens is 600 g/mol. The Bertz CT molecular complexity index is 1660. The number of piperidine rings is 1. The number of benzene rings is 3. The largest absolute Gasteiger partial charge is 0.508 e. The van der Waals surface area contributed by atoms with Crippen LogP contribution in [0.2, 0.25) is 0 Å². The van der Waals surface area contributed by atoms with Crippen LogP contribution < -0.4 is 4.74 Å². The molecule has 1 N–H and O–H groups in total. The van der Waals surface area contributed by atoms with Crippen LogP contribution in [0.25, 0.3) is 6.08 Å². The second-order valence-corrected chi connectivity index (χ2v) is 13.8. The third-order valence-corrected chi connectivity index (χ3v) is 10.8. The van der Waals surface area contributed by atoms with Crippen molar-refractivity contribution in [1.82, 2.24) is 9.80 Å². The Morgan fingerprint density at radius 1 is 0.938 bits per heavy atom. The normalized spacial score (nSPS) is 25.0. The molecule has 0 bridgehead atoms. The highest BCUT2D eigenvalue weighted by Gasteiger charge is 2.58. The van der Waals surface area contributed by atoms with Crippen molar-refractivity contribution in [3.63, 3.8) is 0 Å². The number of imide groups is 1. The number of likely N-dealkylation sites (tertiary alicyclic amines) is 2. The zero-order valence-corrected chi connectivity index (χ0v) is 27.8. The van der Waals surface area contributed by atoms with Gasteiger partial charge in [0.2, 0.25) is 11.8 Å². The number of fused-ring (bicyclic) bond motifs is 3. The number of carbonyl (C=O) groups excluding carboxylic acids is 2. The number of nitrogens with zero attached hydrogens (tertiary/aromatic N) is 2. The molecule has 7 rings (SSSR count). The van der Waals surface area contributed by atoms with Gasteiger partial charge in [0.05, 0.1) is 24.5 Å². The summed E-state index contributed by atoms with van der Waals surface area (Å²) in [7, 11) is 0. The zero-order valence-electron chi connectivity index (χ0n) is 27.8. The molecule has 0 aromatic heterocycles. The SMILES string of the molecule is CC/C(=C\c1cccc(O)c1)CC[C@H]1OC[C@H]2C1=C(COc1ccccc1)C[C@H]1C(=O)N(C3CCN(Cc4ccccc4)CC3)C(=O)[C@H]12. The molecule has 4 aliphatic rings. The van der Waals surface area contributed by atoms with Crippen molar-refractivity contribution in [3.05, 3.63) is 113 Å². The summed E-state index contributed by atoms with van der Waals surface area (Å²) >= 11 is 0. The number of hydrogen-bond donors (Lipinski definition) is 1. The Morgan fingerprint density at radius 2 is 1.69 bits per heavy atom. The first-order chi connectivity index (χ1) is 23.5. The first-order valence-corrected chi connectivity index (χ1v) is 17.6. The van der Waals surface area contributed by atoms with E-state index in [2.05, 4.69) is 42.2 Å². The van der Waals surface area contributed by atoms with E-state index in [-0.39, 0.29) is 47.5 Å². The summed E-state index contributed by atoms with van der Waals surface area (Å²) in [6, 6.07) is 27.5. The second-order valence-electron chi connectivity index (χ2n) is 13.8. The maximum absolute atomic E-state index is 14.3. The van der Waals surface area contributed by atoms with Crippen molar-refractivity contribution in [3.8, 4) is 11.5 Å². The molecule has 250 valence electrons. The van der Waals surface area contributed by atoms with Crippen LogP contribution in [0, 0.1) is 17.8 Å². The summed E-state index contributed by atoms with van der Waals surface area (Å²) in [6.07, 6.45) is 6.72. The minimum atomic E-state index is -0.367. The van der Waals surface area contributed by atoms with Gasteiger partial charge in [-0.25, -0.2) is 0 Å². The third kappa shape index (κ3) is 6.85. The molecular formula is C41H46N2O5. The summed E-state index contributed by atoms with van der Waals surface area (Å²) in [5.41, 5.74) is 5.84. The Hall–Kier alpha value is -4.20. The van der Waals surface area contributed by atoms with Gasteiger partial charge in [-0.05, 0) is 85.1 Å². The number of phenols is 1. The van der Waals surface area contributed by atoms with Gasteiger partial charge in [-0.3, -0.25) is 19.4 Å². The molecule has 0 unspecified atom stereocenters. The fraction of sp³-hybridized carbons (Fsp3) is 0.415. The zero-order chi connectivity index (χ0) is 33.0. The van der Waals surface area contributed by atoms with Gasteiger partial charge in [-0.2, -0.15) is 0 Å². The monoisotopic (exact) mass is 646 g/mol. The van der Waals surface area contributed by atoms with Crippen LogP contribution in [0.5, 0.6) is 11.5 Å². The molecule has 3 fully saturated rings. The van der Waals surface area contributed by atoms with Crippen LogP contribution in [0.3, 0.4) is 0 Å². The second kappa shape index (κ2) is 14.5. The van der Waals surface area contributed by atoms with Crippen molar-refractivity contribution in [2.24, 2.45) is 17.8 Å². The van der Waals surface area contributed by atoms with Gasteiger partial charge in [0.1, 0.15) is 18.1 Å². The van der Waals surface area contributed by atoms with Crippen LogP contribution >= 0.6 is 0 Å². The van der Waals surface area contributed by atoms with E-state index in [9.17, 15) is 14.7 Å². The predicted octanol–water partition coefficient (Wildman–Crippen LogP) is 7.03. The molecule has 3 heterocycles. The average Bonchev–Trinajstić information content (AvgIpc) is 3.64. The highest BCUT2D eigenvalue weighted by molar-refractivity contribution is 6.06. The van der Waals surface area contributed by atoms with Gasteiger partial charge in [0, 0.05) is 31.6 Å². The van der Waals surface area contributed by atoms with Crippen LogP contribution in [-0.4, -0.2) is 65.2 Å². The highest BCUT2D eigenvalue weighted by Crippen LogP contribution is 2.50.